The SMILES string of the molecule is O=C(c1ccccc1)N1CCN(C(=O)c2cc3c(s2)-c2ccccc2S(=O)(=O)C3)CC1. The molecule has 0 N–H and O–H groups in total. The van der Waals surface area contributed by atoms with Gasteiger partial charge in [-0.05, 0) is 29.8 Å². The summed E-state index contributed by atoms with van der Waals surface area (Å²) >= 11 is 1.35. The molecular weight excluding hydrogens is 432 g/mol. The number of fused-ring (bicyclic) bond motifs is 3. The van der Waals surface area contributed by atoms with Gasteiger partial charge in [0.25, 0.3) is 11.8 Å². The molecule has 1 aromatic heterocycles. The van der Waals surface area contributed by atoms with Crippen molar-refractivity contribution in [3.63, 3.8) is 0 Å². The Kier molecular flexibility index (Phi) is 4.91. The summed E-state index contributed by atoms with van der Waals surface area (Å²) < 4.78 is 25.2. The zero-order valence-electron chi connectivity index (χ0n) is 16.7. The summed E-state index contributed by atoms with van der Waals surface area (Å²) in [6.45, 7) is 1.85. The second-order valence-electron chi connectivity index (χ2n) is 7.67. The normalized spacial score (nSPS) is 17.0. The van der Waals surface area contributed by atoms with Crippen molar-refractivity contribution in [3.05, 3.63) is 76.7 Å². The van der Waals surface area contributed by atoms with Gasteiger partial charge in [-0.15, -0.1) is 11.3 Å². The van der Waals surface area contributed by atoms with E-state index in [2.05, 4.69) is 0 Å². The summed E-state index contributed by atoms with van der Waals surface area (Å²) in [6, 6.07) is 17.8. The highest BCUT2D eigenvalue weighted by atomic mass is 32.2. The van der Waals surface area contributed by atoms with Gasteiger partial charge in [0, 0.05) is 42.2 Å². The van der Waals surface area contributed by atoms with Gasteiger partial charge >= 0.3 is 0 Å². The molecule has 2 aliphatic rings. The van der Waals surface area contributed by atoms with Crippen molar-refractivity contribution in [3.8, 4) is 10.4 Å². The van der Waals surface area contributed by atoms with E-state index in [1.165, 1.54) is 11.3 Å². The number of thiophene rings is 1. The molecule has 2 amide bonds. The van der Waals surface area contributed by atoms with E-state index in [4.69, 9.17) is 0 Å². The Morgan fingerprint density at radius 2 is 1.42 bits per heavy atom. The molecule has 3 aromatic rings. The molecule has 158 valence electrons. The highest BCUT2D eigenvalue weighted by Gasteiger charge is 2.32. The molecule has 6 nitrogen and oxygen atoms in total. The first-order chi connectivity index (χ1) is 14.9. The lowest BCUT2D eigenvalue weighted by Gasteiger charge is -2.34. The van der Waals surface area contributed by atoms with Crippen LogP contribution >= 0.6 is 11.3 Å². The van der Waals surface area contributed by atoms with Crippen LogP contribution in [0.4, 0.5) is 0 Å². The molecule has 0 saturated carbocycles. The van der Waals surface area contributed by atoms with Gasteiger partial charge in [-0.1, -0.05) is 36.4 Å². The largest absolute Gasteiger partial charge is 0.335 e. The number of sulfone groups is 1. The third-order valence-electron chi connectivity index (χ3n) is 5.71. The molecule has 0 unspecified atom stereocenters. The Labute approximate surface area is 184 Å². The van der Waals surface area contributed by atoms with Crippen molar-refractivity contribution >= 4 is 33.0 Å². The number of amides is 2. The number of hydrogen-bond donors (Lipinski definition) is 0. The first-order valence-electron chi connectivity index (χ1n) is 10.0. The van der Waals surface area contributed by atoms with Gasteiger partial charge in [0.2, 0.25) is 0 Å². The number of carbonyl (C=O) groups is 2. The Morgan fingerprint density at radius 1 is 0.806 bits per heavy atom. The van der Waals surface area contributed by atoms with E-state index < -0.39 is 9.84 Å². The van der Waals surface area contributed by atoms with Crippen LogP contribution in [0.2, 0.25) is 0 Å². The number of nitrogens with zero attached hydrogens (tertiary/aromatic N) is 2. The van der Waals surface area contributed by atoms with Crippen LogP contribution in [0, 0.1) is 0 Å². The average molecular weight is 453 g/mol. The van der Waals surface area contributed by atoms with Crippen molar-refractivity contribution in [2.75, 3.05) is 26.2 Å². The smallest absolute Gasteiger partial charge is 0.264 e. The first kappa shape index (κ1) is 20.0. The van der Waals surface area contributed by atoms with Crippen LogP contribution in [0.5, 0.6) is 0 Å². The minimum atomic E-state index is -3.40. The molecule has 0 radical (unpaired) electrons. The number of piperazine rings is 1. The monoisotopic (exact) mass is 452 g/mol. The third-order valence-corrected chi connectivity index (χ3v) is 8.62. The minimum Gasteiger partial charge on any atom is -0.335 e. The summed E-state index contributed by atoms with van der Waals surface area (Å²) in [6.07, 6.45) is 0. The van der Waals surface area contributed by atoms with Gasteiger partial charge in [0.05, 0.1) is 15.5 Å². The van der Waals surface area contributed by atoms with Crippen LogP contribution in [0.15, 0.2) is 65.6 Å². The molecular formula is C23H20N2O4S2. The number of rotatable bonds is 2. The summed E-state index contributed by atoms with van der Waals surface area (Å²) in [5, 5.41) is 0. The maximum Gasteiger partial charge on any atom is 0.264 e. The Balaban J connectivity index is 1.33. The predicted octanol–water partition coefficient (Wildman–Crippen LogP) is 3.30. The lowest BCUT2D eigenvalue weighted by Crippen LogP contribution is -2.50. The average Bonchev–Trinajstić information content (AvgIpc) is 3.22. The van der Waals surface area contributed by atoms with Crippen LogP contribution in [0.3, 0.4) is 0 Å². The van der Waals surface area contributed by atoms with Crippen LogP contribution in [0.25, 0.3) is 10.4 Å². The van der Waals surface area contributed by atoms with E-state index >= 15 is 0 Å². The van der Waals surface area contributed by atoms with Crippen LogP contribution in [-0.2, 0) is 15.6 Å². The summed E-state index contributed by atoms with van der Waals surface area (Å²) in [5.74, 6) is -0.218. The molecule has 31 heavy (non-hydrogen) atoms. The van der Waals surface area contributed by atoms with Gasteiger partial charge in [0.15, 0.2) is 9.84 Å². The molecule has 2 aliphatic heterocycles. The van der Waals surface area contributed by atoms with Gasteiger partial charge in [-0.25, -0.2) is 8.42 Å². The number of benzene rings is 2. The van der Waals surface area contributed by atoms with E-state index in [0.29, 0.717) is 52.6 Å². The second-order valence-corrected chi connectivity index (χ2v) is 10.7. The van der Waals surface area contributed by atoms with Crippen LogP contribution in [0.1, 0.15) is 25.6 Å². The number of hydrogen-bond acceptors (Lipinski definition) is 5. The highest BCUT2D eigenvalue weighted by Crippen LogP contribution is 2.42. The van der Waals surface area contributed by atoms with Crippen molar-refractivity contribution < 1.29 is 18.0 Å². The molecule has 0 aliphatic carbocycles. The van der Waals surface area contributed by atoms with E-state index in [-0.39, 0.29) is 17.6 Å². The molecule has 8 heteroatoms. The minimum absolute atomic E-state index is 0.0268. The Bertz CT molecular complexity index is 1270. The third kappa shape index (κ3) is 3.55. The molecule has 5 rings (SSSR count). The fraction of sp³-hybridized carbons (Fsp3) is 0.217. The topological polar surface area (TPSA) is 74.8 Å². The maximum absolute atomic E-state index is 13.1. The lowest BCUT2D eigenvalue weighted by molar-refractivity contribution is 0.0538. The first-order valence-corrected chi connectivity index (χ1v) is 12.5. The second kappa shape index (κ2) is 7.62. The zero-order chi connectivity index (χ0) is 21.6. The summed E-state index contributed by atoms with van der Waals surface area (Å²) in [7, 11) is -3.40. The maximum atomic E-state index is 13.1. The van der Waals surface area contributed by atoms with Crippen LogP contribution in [-0.4, -0.2) is 56.2 Å². The molecule has 2 aromatic carbocycles. The van der Waals surface area contributed by atoms with Gasteiger partial charge in [-0.2, -0.15) is 0 Å². The summed E-state index contributed by atoms with van der Waals surface area (Å²) in [4.78, 5) is 31.0. The Hall–Kier alpha value is -2.97. The zero-order valence-corrected chi connectivity index (χ0v) is 18.3. The molecule has 0 bridgehead atoms. The van der Waals surface area contributed by atoms with E-state index in [0.717, 1.165) is 4.88 Å². The molecule has 1 fully saturated rings. The lowest BCUT2D eigenvalue weighted by atomic mass is 10.1. The van der Waals surface area contributed by atoms with E-state index in [1.807, 2.05) is 24.3 Å². The fourth-order valence-electron chi connectivity index (χ4n) is 4.11. The van der Waals surface area contributed by atoms with E-state index in [9.17, 15) is 18.0 Å². The quantitative estimate of drug-likeness (QED) is 0.598. The van der Waals surface area contributed by atoms with Crippen molar-refractivity contribution in [1.29, 1.82) is 0 Å². The molecule has 3 heterocycles. The molecule has 1 saturated heterocycles. The standard InChI is InChI=1S/C23H20N2O4S2/c26-22(16-6-2-1-3-7-16)24-10-12-25(13-11-24)23(27)19-14-17-15-31(28,29)20-9-5-4-8-18(20)21(17)30-19/h1-9,14H,10-13,15H2. The summed E-state index contributed by atoms with van der Waals surface area (Å²) in [5.41, 5.74) is 2.00. The molecule has 0 spiro atoms. The van der Waals surface area contributed by atoms with Gasteiger partial charge in [0.1, 0.15) is 0 Å². The predicted molar refractivity (Wildman–Crippen MR) is 119 cm³/mol. The van der Waals surface area contributed by atoms with Gasteiger partial charge in [-0.3, -0.25) is 9.59 Å². The van der Waals surface area contributed by atoms with Crippen molar-refractivity contribution in [1.82, 2.24) is 9.80 Å². The highest BCUT2D eigenvalue weighted by molar-refractivity contribution is 7.91. The van der Waals surface area contributed by atoms with E-state index in [1.54, 1.807) is 46.2 Å². The van der Waals surface area contributed by atoms with Gasteiger partial charge < -0.3 is 9.80 Å². The fourth-order valence-corrected chi connectivity index (χ4v) is 7.04. The van der Waals surface area contributed by atoms with Crippen molar-refractivity contribution in [2.24, 2.45) is 0 Å². The molecule has 0 atom stereocenters. The van der Waals surface area contributed by atoms with Crippen molar-refractivity contribution in [2.45, 2.75) is 10.6 Å². The Morgan fingerprint density at radius 3 is 2.13 bits per heavy atom. The van der Waals surface area contributed by atoms with Crippen LogP contribution < -0.4 is 0 Å². The number of carbonyl (C=O) groups excluding carboxylic acids is 2.